The Kier molecular flexibility index (Phi) is 3.27. The summed E-state index contributed by atoms with van der Waals surface area (Å²) in [5.41, 5.74) is 8.50. The number of rotatable bonds is 3. The second-order valence-corrected chi connectivity index (χ2v) is 4.46. The van der Waals surface area contributed by atoms with Crippen molar-refractivity contribution in [2.45, 2.75) is 44.7 Å². The molecule has 0 bridgehead atoms. The van der Waals surface area contributed by atoms with E-state index in [4.69, 9.17) is 5.73 Å². The lowest BCUT2D eigenvalue weighted by molar-refractivity contribution is 0.688. The third kappa shape index (κ3) is 2.72. The lowest BCUT2D eigenvalue weighted by atomic mass is 10.1. The molecule has 2 nitrogen and oxygen atoms in total. The van der Waals surface area contributed by atoms with Crippen LogP contribution in [0.4, 0.5) is 5.69 Å². The Morgan fingerprint density at radius 2 is 2.00 bits per heavy atom. The number of aryl methyl sites for hydroxylation is 1. The molecule has 1 aliphatic carbocycles. The Morgan fingerprint density at radius 3 is 2.53 bits per heavy atom. The minimum atomic E-state index is 0.400. The minimum Gasteiger partial charge on any atom is -0.382 e. The first-order valence-electron chi connectivity index (χ1n) is 5.89. The van der Waals surface area contributed by atoms with Gasteiger partial charge in [-0.15, -0.1) is 0 Å². The van der Waals surface area contributed by atoms with Crippen LogP contribution < -0.4 is 11.1 Å². The van der Waals surface area contributed by atoms with E-state index in [1.807, 2.05) is 0 Å². The van der Waals surface area contributed by atoms with Crippen molar-refractivity contribution < 1.29 is 0 Å². The fraction of sp³-hybridized carbons (Fsp3) is 0.538. The third-order valence-electron chi connectivity index (χ3n) is 3.21. The van der Waals surface area contributed by atoms with E-state index in [1.54, 1.807) is 0 Å². The maximum atomic E-state index is 5.88. The minimum absolute atomic E-state index is 0.400. The molecule has 82 valence electrons. The van der Waals surface area contributed by atoms with E-state index in [0.717, 1.165) is 19.3 Å². The van der Waals surface area contributed by atoms with Gasteiger partial charge in [-0.1, -0.05) is 19.1 Å². The summed E-state index contributed by atoms with van der Waals surface area (Å²) in [5, 5.41) is 3.54. The molecular formula is C13H20N2. The molecule has 0 radical (unpaired) electrons. The summed E-state index contributed by atoms with van der Waals surface area (Å²) in [5.74, 6) is 0. The van der Waals surface area contributed by atoms with Crippen LogP contribution in [-0.4, -0.2) is 12.1 Å². The Labute approximate surface area is 91.9 Å². The zero-order chi connectivity index (χ0) is 10.7. The molecule has 0 spiro atoms. The molecule has 2 heteroatoms. The lowest BCUT2D eigenvalue weighted by Crippen LogP contribution is -2.20. The highest BCUT2D eigenvalue weighted by molar-refractivity contribution is 5.45. The highest BCUT2D eigenvalue weighted by atomic mass is 14.9. The summed E-state index contributed by atoms with van der Waals surface area (Å²) in [6.45, 7) is 2.18. The quantitative estimate of drug-likeness (QED) is 0.794. The van der Waals surface area contributed by atoms with Gasteiger partial charge in [0.25, 0.3) is 0 Å². The summed E-state index contributed by atoms with van der Waals surface area (Å²) in [7, 11) is 0. The van der Waals surface area contributed by atoms with Gasteiger partial charge >= 0.3 is 0 Å². The van der Waals surface area contributed by atoms with Gasteiger partial charge in [0.05, 0.1) is 0 Å². The van der Waals surface area contributed by atoms with Crippen LogP contribution in [0.3, 0.4) is 0 Å². The van der Waals surface area contributed by atoms with Crippen molar-refractivity contribution in [3.63, 3.8) is 0 Å². The predicted molar refractivity (Wildman–Crippen MR) is 65.1 cm³/mol. The number of hydrogen-bond acceptors (Lipinski definition) is 2. The number of nitrogens with one attached hydrogen (secondary N) is 1. The molecule has 1 saturated carbocycles. The van der Waals surface area contributed by atoms with Crippen molar-refractivity contribution in [2.75, 3.05) is 5.32 Å². The molecule has 0 aliphatic heterocycles. The van der Waals surface area contributed by atoms with Gasteiger partial charge in [0.1, 0.15) is 0 Å². The van der Waals surface area contributed by atoms with Crippen LogP contribution in [-0.2, 0) is 6.42 Å². The normalized spacial score (nSPS) is 25.5. The van der Waals surface area contributed by atoms with Crippen LogP contribution in [0, 0.1) is 0 Å². The summed E-state index contributed by atoms with van der Waals surface area (Å²) in [6.07, 6.45) is 4.57. The first kappa shape index (κ1) is 10.5. The molecular weight excluding hydrogens is 184 g/mol. The Balaban J connectivity index is 1.93. The number of anilines is 1. The molecule has 0 saturated heterocycles. The topological polar surface area (TPSA) is 38.0 Å². The van der Waals surface area contributed by atoms with Crippen molar-refractivity contribution in [1.82, 2.24) is 0 Å². The molecule has 2 rings (SSSR count). The molecule has 15 heavy (non-hydrogen) atoms. The molecule has 0 amide bonds. The number of hydrogen-bond donors (Lipinski definition) is 2. The summed E-state index contributed by atoms with van der Waals surface area (Å²) < 4.78 is 0. The molecule has 0 heterocycles. The molecule has 1 fully saturated rings. The molecule has 0 aromatic heterocycles. The summed E-state index contributed by atoms with van der Waals surface area (Å²) in [6, 6.07) is 9.70. The van der Waals surface area contributed by atoms with Crippen LogP contribution in [0.15, 0.2) is 24.3 Å². The first-order chi connectivity index (χ1) is 7.28. The van der Waals surface area contributed by atoms with E-state index in [-0.39, 0.29) is 0 Å². The van der Waals surface area contributed by atoms with Crippen molar-refractivity contribution in [3.8, 4) is 0 Å². The van der Waals surface area contributed by atoms with Gasteiger partial charge in [-0.3, -0.25) is 0 Å². The second kappa shape index (κ2) is 4.67. The zero-order valence-electron chi connectivity index (χ0n) is 9.37. The summed E-state index contributed by atoms with van der Waals surface area (Å²) >= 11 is 0. The average molecular weight is 204 g/mol. The largest absolute Gasteiger partial charge is 0.382 e. The molecule has 2 atom stereocenters. The molecule has 3 N–H and O–H groups in total. The van der Waals surface area contributed by atoms with Gasteiger partial charge in [-0.05, 0) is 43.4 Å². The van der Waals surface area contributed by atoms with E-state index in [2.05, 4.69) is 36.5 Å². The zero-order valence-corrected chi connectivity index (χ0v) is 9.37. The van der Waals surface area contributed by atoms with E-state index in [1.165, 1.54) is 17.7 Å². The number of benzene rings is 1. The average Bonchev–Trinajstić information content (AvgIpc) is 2.65. The van der Waals surface area contributed by atoms with Crippen LogP contribution in [0.5, 0.6) is 0 Å². The fourth-order valence-corrected chi connectivity index (χ4v) is 2.22. The van der Waals surface area contributed by atoms with E-state index < -0.39 is 0 Å². The predicted octanol–water partition coefficient (Wildman–Crippen LogP) is 2.54. The van der Waals surface area contributed by atoms with Gasteiger partial charge in [-0.2, -0.15) is 0 Å². The molecule has 2 unspecified atom stereocenters. The summed E-state index contributed by atoms with van der Waals surface area (Å²) in [4.78, 5) is 0. The molecule has 1 aromatic carbocycles. The van der Waals surface area contributed by atoms with Crippen molar-refractivity contribution in [2.24, 2.45) is 5.73 Å². The number of nitrogens with two attached hydrogens (primary N) is 1. The lowest BCUT2D eigenvalue weighted by Gasteiger charge is -2.14. The van der Waals surface area contributed by atoms with Crippen molar-refractivity contribution >= 4 is 5.69 Å². The smallest absolute Gasteiger partial charge is 0.0342 e. The fourth-order valence-electron chi connectivity index (χ4n) is 2.22. The highest BCUT2D eigenvalue weighted by Crippen LogP contribution is 2.21. The highest BCUT2D eigenvalue weighted by Gasteiger charge is 2.20. The maximum Gasteiger partial charge on any atom is 0.0342 e. The standard InChI is InChI=1S/C13H20N2/c1-2-10-3-6-12(7-4-10)15-13-8-5-11(14)9-13/h3-4,6-7,11,13,15H,2,5,8-9,14H2,1H3. The SMILES string of the molecule is CCc1ccc(NC2CCC(N)C2)cc1. The van der Waals surface area contributed by atoms with E-state index >= 15 is 0 Å². The Morgan fingerprint density at radius 1 is 1.27 bits per heavy atom. The maximum absolute atomic E-state index is 5.88. The Hall–Kier alpha value is -1.02. The van der Waals surface area contributed by atoms with Crippen molar-refractivity contribution in [1.29, 1.82) is 0 Å². The van der Waals surface area contributed by atoms with Crippen LogP contribution in [0.1, 0.15) is 31.7 Å². The van der Waals surface area contributed by atoms with Gasteiger partial charge < -0.3 is 11.1 Å². The van der Waals surface area contributed by atoms with Crippen LogP contribution >= 0.6 is 0 Å². The van der Waals surface area contributed by atoms with Gasteiger partial charge in [0, 0.05) is 17.8 Å². The van der Waals surface area contributed by atoms with Crippen LogP contribution in [0.2, 0.25) is 0 Å². The molecule has 1 aromatic rings. The van der Waals surface area contributed by atoms with E-state index in [9.17, 15) is 0 Å². The third-order valence-corrected chi connectivity index (χ3v) is 3.21. The van der Waals surface area contributed by atoms with Crippen molar-refractivity contribution in [3.05, 3.63) is 29.8 Å². The van der Waals surface area contributed by atoms with E-state index in [0.29, 0.717) is 12.1 Å². The monoisotopic (exact) mass is 204 g/mol. The van der Waals surface area contributed by atoms with Gasteiger partial charge in [-0.25, -0.2) is 0 Å². The Bertz CT molecular complexity index is 305. The molecule has 1 aliphatic rings. The van der Waals surface area contributed by atoms with Crippen LogP contribution in [0.25, 0.3) is 0 Å². The second-order valence-electron chi connectivity index (χ2n) is 4.46. The van der Waals surface area contributed by atoms with Gasteiger partial charge in [0.2, 0.25) is 0 Å². The van der Waals surface area contributed by atoms with Gasteiger partial charge in [0.15, 0.2) is 0 Å². The first-order valence-corrected chi connectivity index (χ1v) is 5.89.